The maximum absolute atomic E-state index is 13.3. The number of nitrogens with zero attached hydrogens (tertiary/aromatic N) is 4. The number of fused-ring (bicyclic) bond motifs is 1. The van der Waals surface area contributed by atoms with Crippen LogP contribution in [0.2, 0.25) is 0 Å². The molecule has 33 heavy (non-hydrogen) atoms. The third-order valence-corrected chi connectivity index (χ3v) is 6.19. The minimum atomic E-state index is -0.0989. The second-order valence-electron chi connectivity index (χ2n) is 8.60. The van der Waals surface area contributed by atoms with Gasteiger partial charge in [-0.05, 0) is 44.4 Å². The van der Waals surface area contributed by atoms with Crippen LogP contribution in [-0.4, -0.2) is 43.9 Å². The fourth-order valence-electron chi connectivity index (χ4n) is 4.33. The van der Waals surface area contributed by atoms with Gasteiger partial charge in [-0.3, -0.25) is 9.59 Å². The van der Waals surface area contributed by atoms with Gasteiger partial charge in [0.2, 0.25) is 5.91 Å². The number of hydrogen-bond acceptors (Lipinski definition) is 4. The molecular weight excluding hydrogens is 414 g/mol. The third-order valence-electron chi connectivity index (χ3n) is 6.19. The third kappa shape index (κ3) is 4.97. The van der Waals surface area contributed by atoms with E-state index in [1.807, 2.05) is 45.8 Å². The average molecular weight is 446 g/mol. The van der Waals surface area contributed by atoms with Gasteiger partial charge in [-0.1, -0.05) is 38.0 Å². The number of anilines is 1. The van der Waals surface area contributed by atoms with Crippen LogP contribution in [-0.2, 0) is 11.2 Å². The van der Waals surface area contributed by atoms with E-state index in [9.17, 15) is 9.59 Å². The minimum absolute atomic E-state index is 0.00367. The molecule has 0 saturated carbocycles. The lowest BCUT2D eigenvalue weighted by atomic mass is 10.1. The van der Waals surface area contributed by atoms with Crippen molar-refractivity contribution in [1.29, 1.82) is 0 Å². The number of likely N-dealkylation sites (tertiary alicyclic amines) is 1. The van der Waals surface area contributed by atoms with Crippen molar-refractivity contribution in [2.45, 2.75) is 58.4 Å². The first-order valence-corrected chi connectivity index (χ1v) is 11.7. The van der Waals surface area contributed by atoms with Crippen LogP contribution in [0.4, 0.5) is 5.69 Å². The molecule has 4 rings (SSSR count). The van der Waals surface area contributed by atoms with Crippen LogP contribution < -0.4 is 5.32 Å². The Kier molecular flexibility index (Phi) is 6.87. The molecule has 3 aromatic rings. The molecule has 1 unspecified atom stereocenters. The second kappa shape index (κ2) is 9.98. The summed E-state index contributed by atoms with van der Waals surface area (Å²) in [6, 6.07) is 11.6. The molecule has 7 nitrogen and oxygen atoms in total. The number of hydrogen-bond donors (Lipinski definition) is 1. The van der Waals surface area contributed by atoms with Crippen molar-refractivity contribution >= 4 is 23.1 Å². The van der Waals surface area contributed by atoms with E-state index in [1.54, 1.807) is 6.08 Å². The van der Waals surface area contributed by atoms with E-state index in [2.05, 4.69) is 25.7 Å². The van der Waals surface area contributed by atoms with E-state index in [0.717, 1.165) is 48.4 Å². The standard InChI is InChI=1S/C26H31N5O2/c1-4-9-25(32)27-20-13-11-19(12-14-20)22-17-24-28-23(16-21(5-2)31(24)29-22)26(33)30-15-8-6-7-10-18(30)3/h4,11-14,16-18H,1,5-10,15H2,2-3H3,(H,27,32). The van der Waals surface area contributed by atoms with Gasteiger partial charge in [-0.25, -0.2) is 9.50 Å². The molecule has 1 aliphatic heterocycles. The SMILES string of the molecule is C=CCC(=O)Nc1ccc(-c2cc3nc(C(=O)N4CCCCCC4C)cc(CC)n3n2)cc1. The molecule has 172 valence electrons. The Balaban J connectivity index is 1.62. The van der Waals surface area contributed by atoms with Crippen LogP contribution >= 0.6 is 0 Å². The summed E-state index contributed by atoms with van der Waals surface area (Å²) < 4.78 is 1.82. The monoisotopic (exact) mass is 445 g/mol. The van der Waals surface area contributed by atoms with Gasteiger partial charge in [0.05, 0.1) is 5.69 Å². The highest BCUT2D eigenvalue weighted by molar-refractivity contribution is 5.93. The minimum Gasteiger partial charge on any atom is -0.335 e. The zero-order chi connectivity index (χ0) is 23.4. The molecule has 1 saturated heterocycles. The number of aryl methyl sites for hydroxylation is 1. The maximum atomic E-state index is 13.3. The van der Waals surface area contributed by atoms with E-state index in [-0.39, 0.29) is 24.3 Å². The number of rotatable bonds is 6. The lowest BCUT2D eigenvalue weighted by Crippen LogP contribution is -2.38. The first-order valence-electron chi connectivity index (χ1n) is 11.7. The Morgan fingerprint density at radius 3 is 2.70 bits per heavy atom. The number of benzene rings is 1. The molecular formula is C26H31N5O2. The lowest BCUT2D eigenvalue weighted by molar-refractivity contribution is -0.115. The highest BCUT2D eigenvalue weighted by Gasteiger charge is 2.25. The molecule has 2 aromatic heterocycles. The van der Waals surface area contributed by atoms with E-state index in [0.29, 0.717) is 11.3 Å². The highest BCUT2D eigenvalue weighted by Crippen LogP contribution is 2.24. The second-order valence-corrected chi connectivity index (χ2v) is 8.60. The molecule has 1 aromatic carbocycles. The van der Waals surface area contributed by atoms with Crippen LogP contribution in [0.15, 0.2) is 49.1 Å². The zero-order valence-electron chi connectivity index (χ0n) is 19.4. The first-order chi connectivity index (χ1) is 16.0. The number of carbonyl (C=O) groups is 2. The van der Waals surface area contributed by atoms with E-state index < -0.39 is 0 Å². The van der Waals surface area contributed by atoms with Gasteiger partial charge in [-0.15, -0.1) is 6.58 Å². The molecule has 1 atom stereocenters. The topological polar surface area (TPSA) is 79.6 Å². The Labute approximate surface area is 194 Å². The van der Waals surface area contributed by atoms with Gasteiger partial charge in [0.1, 0.15) is 5.69 Å². The summed E-state index contributed by atoms with van der Waals surface area (Å²) in [6.07, 6.45) is 7.01. The Morgan fingerprint density at radius 2 is 1.97 bits per heavy atom. The summed E-state index contributed by atoms with van der Waals surface area (Å²) in [5.41, 5.74) is 4.51. The summed E-state index contributed by atoms with van der Waals surface area (Å²) in [4.78, 5) is 31.7. The molecule has 2 amide bonds. The zero-order valence-corrected chi connectivity index (χ0v) is 19.4. The van der Waals surface area contributed by atoms with Crippen molar-refractivity contribution in [3.63, 3.8) is 0 Å². The van der Waals surface area contributed by atoms with Gasteiger partial charge < -0.3 is 10.2 Å². The van der Waals surface area contributed by atoms with Crippen LogP contribution in [0, 0.1) is 0 Å². The van der Waals surface area contributed by atoms with Crippen LogP contribution in [0.5, 0.6) is 0 Å². The summed E-state index contributed by atoms with van der Waals surface area (Å²) in [5.74, 6) is -0.0952. The van der Waals surface area contributed by atoms with Crippen molar-refractivity contribution in [2.24, 2.45) is 0 Å². The van der Waals surface area contributed by atoms with Crippen LogP contribution in [0.1, 0.15) is 62.1 Å². The van der Waals surface area contributed by atoms with Crippen molar-refractivity contribution in [1.82, 2.24) is 19.5 Å². The van der Waals surface area contributed by atoms with E-state index in [1.165, 1.54) is 12.8 Å². The van der Waals surface area contributed by atoms with Gasteiger partial charge in [0, 0.05) is 42.0 Å². The number of carbonyl (C=O) groups excluding carboxylic acids is 2. The van der Waals surface area contributed by atoms with Crippen molar-refractivity contribution in [3.8, 4) is 11.3 Å². The quantitative estimate of drug-likeness (QED) is 0.549. The fourth-order valence-corrected chi connectivity index (χ4v) is 4.33. The highest BCUT2D eigenvalue weighted by atomic mass is 16.2. The van der Waals surface area contributed by atoms with Gasteiger partial charge in [-0.2, -0.15) is 5.10 Å². The first kappa shape index (κ1) is 22.7. The predicted molar refractivity (Wildman–Crippen MR) is 130 cm³/mol. The molecule has 0 radical (unpaired) electrons. The van der Waals surface area contributed by atoms with Gasteiger partial charge in [0.25, 0.3) is 5.91 Å². The molecule has 0 aliphatic carbocycles. The maximum Gasteiger partial charge on any atom is 0.272 e. The number of aromatic nitrogens is 3. The smallest absolute Gasteiger partial charge is 0.272 e. The van der Waals surface area contributed by atoms with Crippen LogP contribution in [0.3, 0.4) is 0 Å². The Bertz CT molecular complexity index is 1170. The molecule has 0 spiro atoms. The molecule has 1 N–H and O–H groups in total. The van der Waals surface area contributed by atoms with E-state index >= 15 is 0 Å². The summed E-state index contributed by atoms with van der Waals surface area (Å²) in [6.45, 7) is 8.55. The molecule has 7 heteroatoms. The van der Waals surface area contributed by atoms with Crippen molar-refractivity contribution < 1.29 is 9.59 Å². The Hall–Kier alpha value is -3.48. The van der Waals surface area contributed by atoms with Gasteiger partial charge in [0.15, 0.2) is 5.65 Å². The molecule has 0 bridgehead atoms. The van der Waals surface area contributed by atoms with E-state index in [4.69, 9.17) is 10.1 Å². The van der Waals surface area contributed by atoms with Crippen molar-refractivity contribution in [3.05, 3.63) is 60.4 Å². The lowest BCUT2D eigenvalue weighted by Gasteiger charge is -2.27. The molecule has 3 heterocycles. The largest absolute Gasteiger partial charge is 0.335 e. The normalized spacial score (nSPS) is 16.4. The summed E-state index contributed by atoms with van der Waals surface area (Å²) in [5, 5.41) is 7.58. The number of amides is 2. The number of nitrogens with one attached hydrogen (secondary N) is 1. The average Bonchev–Trinajstić information content (AvgIpc) is 3.13. The molecule has 1 fully saturated rings. The fraction of sp³-hybridized carbons (Fsp3) is 0.385. The summed E-state index contributed by atoms with van der Waals surface area (Å²) in [7, 11) is 0. The molecule has 1 aliphatic rings. The predicted octanol–water partition coefficient (Wildman–Crippen LogP) is 4.88. The van der Waals surface area contributed by atoms with Crippen molar-refractivity contribution in [2.75, 3.05) is 11.9 Å². The summed E-state index contributed by atoms with van der Waals surface area (Å²) >= 11 is 0. The Morgan fingerprint density at radius 1 is 1.18 bits per heavy atom. The van der Waals surface area contributed by atoms with Gasteiger partial charge >= 0.3 is 0 Å². The van der Waals surface area contributed by atoms with Crippen LogP contribution in [0.25, 0.3) is 16.9 Å².